The lowest BCUT2D eigenvalue weighted by Gasteiger charge is -2.11. The number of carbonyl (C=O) groups is 1. The highest BCUT2D eigenvalue weighted by atomic mass is 35.5. The van der Waals surface area contributed by atoms with Gasteiger partial charge in [0.1, 0.15) is 5.75 Å². The molecule has 0 saturated heterocycles. The summed E-state index contributed by atoms with van der Waals surface area (Å²) in [6.45, 7) is 0. The third-order valence-corrected chi connectivity index (χ3v) is 3.97. The molecule has 3 aromatic carbocycles. The first kappa shape index (κ1) is 14.7. The number of benzene rings is 3. The number of hydrogen-bond donors (Lipinski definition) is 2. The number of para-hydroxylation sites is 1. The average molecular weight is 332 g/mol. The lowest BCUT2D eigenvalue weighted by molar-refractivity contribution is 0.102. The molecular weight excluding hydrogens is 321 g/mol. The summed E-state index contributed by atoms with van der Waals surface area (Å²) >= 11 is 12.2. The standard InChI is InChI=1S/C17H11Cl2NO2/c18-13-7-3-4-8-15(13)20-17(22)12-9-14(19)10-5-1-2-6-11(10)16(12)21/h1-9,21H,(H,20,22). The van der Waals surface area contributed by atoms with Gasteiger partial charge in [0.15, 0.2) is 0 Å². The van der Waals surface area contributed by atoms with E-state index < -0.39 is 5.91 Å². The minimum absolute atomic E-state index is 0.101. The van der Waals surface area contributed by atoms with E-state index in [1.165, 1.54) is 6.07 Å². The van der Waals surface area contributed by atoms with Crippen molar-refractivity contribution in [1.82, 2.24) is 0 Å². The predicted octanol–water partition coefficient (Wildman–Crippen LogP) is 5.10. The molecule has 3 rings (SSSR count). The molecule has 0 spiro atoms. The minimum Gasteiger partial charge on any atom is -0.506 e. The zero-order valence-electron chi connectivity index (χ0n) is 11.3. The van der Waals surface area contributed by atoms with E-state index in [0.717, 1.165) is 0 Å². The van der Waals surface area contributed by atoms with Crippen LogP contribution >= 0.6 is 23.2 Å². The van der Waals surface area contributed by atoms with Crippen LogP contribution in [0.25, 0.3) is 10.8 Å². The quantitative estimate of drug-likeness (QED) is 0.685. The van der Waals surface area contributed by atoms with Gasteiger partial charge < -0.3 is 10.4 Å². The van der Waals surface area contributed by atoms with E-state index in [2.05, 4.69) is 5.32 Å². The van der Waals surface area contributed by atoms with Crippen molar-refractivity contribution < 1.29 is 9.90 Å². The smallest absolute Gasteiger partial charge is 0.259 e. The third-order valence-electron chi connectivity index (χ3n) is 3.33. The van der Waals surface area contributed by atoms with E-state index in [1.54, 1.807) is 42.5 Å². The van der Waals surface area contributed by atoms with Crippen LogP contribution in [0.1, 0.15) is 10.4 Å². The van der Waals surface area contributed by atoms with Gasteiger partial charge in [-0.2, -0.15) is 0 Å². The van der Waals surface area contributed by atoms with Crippen molar-refractivity contribution in [2.45, 2.75) is 0 Å². The van der Waals surface area contributed by atoms with E-state index >= 15 is 0 Å². The second-order valence-corrected chi connectivity index (χ2v) is 5.55. The maximum absolute atomic E-state index is 12.4. The average Bonchev–Trinajstić information content (AvgIpc) is 2.53. The highest BCUT2D eigenvalue weighted by Gasteiger charge is 2.17. The maximum Gasteiger partial charge on any atom is 0.259 e. The fraction of sp³-hybridized carbons (Fsp3) is 0. The molecule has 2 N–H and O–H groups in total. The van der Waals surface area contributed by atoms with Crippen LogP contribution in [0.15, 0.2) is 54.6 Å². The topological polar surface area (TPSA) is 49.3 Å². The summed E-state index contributed by atoms with van der Waals surface area (Å²) in [5.74, 6) is -0.581. The van der Waals surface area contributed by atoms with Gasteiger partial charge in [-0.1, -0.05) is 59.6 Å². The van der Waals surface area contributed by atoms with Crippen LogP contribution < -0.4 is 5.32 Å². The van der Waals surface area contributed by atoms with Crippen molar-refractivity contribution >= 4 is 45.6 Å². The molecule has 22 heavy (non-hydrogen) atoms. The van der Waals surface area contributed by atoms with Crippen molar-refractivity contribution in [2.24, 2.45) is 0 Å². The number of rotatable bonds is 2. The second-order valence-electron chi connectivity index (χ2n) is 4.73. The molecule has 0 aliphatic carbocycles. The minimum atomic E-state index is -0.474. The van der Waals surface area contributed by atoms with E-state index in [1.807, 2.05) is 6.07 Å². The normalized spacial score (nSPS) is 10.6. The van der Waals surface area contributed by atoms with Crippen molar-refractivity contribution in [3.63, 3.8) is 0 Å². The van der Waals surface area contributed by atoms with Gasteiger partial charge in [-0.15, -0.1) is 0 Å². The molecule has 0 aliphatic heterocycles. The molecule has 0 bridgehead atoms. The van der Waals surface area contributed by atoms with Crippen LogP contribution in [0.4, 0.5) is 5.69 Å². The number of phenols is 1. The monoisotopic (exact) mass is 331 g/mol. The van der Waals surface area contributed by atoms with Crippen molar-refractivity contribution in [3.8, 4) is 5.75 Å². The number of phenolic OH excluding ortho intramolecular Hbond substituents is 1. The summed E-state index contributed by atoms with van der Waals surface area (Å²) in [7, 11) is 0. The Labute approximate surface area is 137 Å². The molecule has 3 nitrogen and oxygen atoms in total. The molecule has 0 aromatic heterocycles. The molecular formula is C17H11Cl2NO2. The fourth-order valence-corrected chi connectivity index (χ4v) is 2.70. The zero-order chi connectivity index (χ0) is 15.7. The van der Waals surface area contributed by atoms with E-state index in [-0.39, 0.29) is 11.3 Å². The van der Waals surface area contributed by atoms with Crippen molar-refractivity contribution in [3.05, 3.63) is 70.2 Å². The molecule has 0 atom stereocenters. The molecule has 0 radical (unpaired) electrons. The first-order chi connectivity index (χ1) is 10.6. The van der Waals surface area contributed by atoms with E-state index in [0.29, 0.717) is 26.5 Å². The molecule has 3 aromatic rings. The molecule has 0 heterocycles. The highest BCUT2D eigenvalue weighted by molar-refractivity contribution is 6.37. The first-order valence-electron chi connectivity index (χ1n) is 6.54. The van der Waals surface area contributed by atoms with Crippen LogP contribution in [0.5, 0.6) is 5.75 Å². The van der Waals surface area contributed by atoms with E-state index in [4.69, 9.17) is 23.2 Å². The maximum atomic E-state index is 12.4. The Bertz CT molecular complexity index is 878. The number of aromatic hydroxyl groups is 1. The Morgan fingerprint density at radius 1 is 0.909 bits per heavy atom. The van der Waals surface area contributed by atoms with Gasteiger partial charge in [0.05, 0.1) is 16.3 Å². The van der Waals surface area contributed by atoms with Gasteiger partial charge in [-0.3, -0.25) is 4.79 Å². The number of hydrogen-bond acceptors (Lipinski definition) is 2. The number of amides is 1. The van der Waals surface area contributed by atoms with Crippen LogP contribution in [-0.2, 0) is 0 Å². The lowest BCUT2D eigenvalue weighted by Crippen LogP contribution is -2.12. The summed E-state index contributed by atoms with van der Waals surface area (Å²) in [4.78, 5) is 12.4. The van der Waals surface area contributed by atoms with Gasteiger partial charge in [0, 0.05) is 15.8 Å². The molecule has 0 fully saturated rings. The summed E-state index contributed by atoms with van der Waals surface area (Å²) in [5.41, 5.74) is 0.571. The Kier molecular flexibility index (Phi) is 3.92. The van der Waals surface area contributed by atoms with Crippen LogP contribution in [-0.4, -0.2) is 11.0 Å². The largest absolute Gasteiger partial charge is 0.506 e. The lowest BCUT2D eigenvalue weighted by atomic mass is 10.0. The van der Waals surface area contributed by atoms with Crippen LogP contribution in [0.2, 0.25) is 10.0 Å². The van der Waals surface area contributed by atoms with E-state index in [9.17, 15) is 9.90 Å². The Morgan fingerprint density at radius 2 is 1.55 bits per heavy atom. The fourth-order valence-electron chi connectivity index (χ4n) is 2.24. The van der Waals surface area contributed by atoms with Gasteiger partial charge in [-0.05, 0) is 18.2 Å². The van der Waals surface area contributed by atoms with Crippen molar-refractivity contribution in [1.29, 1.82) is 0 Å². The zero-order valence-corrected chi connectivity index (χ0v) is 12.8. The molecule has 0 aliphatic rings. The third kappa shape index (κ3) is 2.61. The summed E-state index contributed by atoms with van der Waals surface area (Å²) in [5, 5.41) is 15.0. The summed E-state index contributed by atoms with van der Waals surface area (Å²) < 4.78 is 0. The summed E-state index contributed by atoms with van der Waals surface area (Å²) in [6, 6.07) is 15.4. The predicted molar refractivity (Wildman–Crippen MR) is 90.0 cm³/mol. The number of carbonyl (C=O) groups excluding carboxylic acids is 1. The van der Waals surface area contributed by atoms with Gasteiger partial charge in [0.25, 0.3) is 5.91 Å². The van der Waals surface area contributed by atoms with Gasteiger partial charge in [-0.25, -0.2) is 0 Å². The molecule has 0 saturated carbocycles. The number of halogens is 2. The van der Waals surface area contributed by atoms with Crippen molar-refractivity contribution in [2.75, 3.05) is 5.32 Å². The Hall–Kier alpha value is -2.23. The second kappa shape index (κ2) is 5.87. The molecule has 110 valence electrons. The molecule has 1 amide bonds. The van der Waals surface area contributed by atoms with Crippen LogP contribution in [0, 0.1) is 0 Å². The summed E-state index contributed by atoms with van der Waals surface area (Å²) in [6.07, 6.45) is 0. The molecule has 5 heteroatoms. The number of fused-ring (bicyclic) bond motifs is 1. The number of anilines is 1. The number of nitrogens with one attached hydrogen (secondary N) is 1. The Balaban J connectivity index is 2.05. The highest BCUT2D eigenvalue weighted by Crippen LogP contribution is 2.35. The SMILES string of the molecule is O=C(Nc1ccccc1Cl)c1cc(Cl)c2ccccc2c1O. The van der Waals surface area contributed by atoms with Crippen LogP contribution in [0.3, 0.4) is 0 Å². The van der Waals surface area contributed by atoms with Gasteiger partial charge >= 0.3 is 0 Å². The molecule has 0 unspecified atom stereocenters. The first-order valence-corrected chi connectivity index (χ1v) is 7.29. The van der Waals surface area contributed by atoms with Gasteiger partial charge in [0.2, 0.25) is 0 Å². The Morgan fingerprint density at radius 3 is 2.27 bits per heavy atom.